The van der Waals surface area contributed by atoms with Crippen LogP contribution in [0.5, 0.6) is 0 Å². The molecule has 3 N–H and O–H groups in total. The van der Waals surface area contributed by atoms with Gasteiger partial charge in [-0.3, -0.25) is 4.99 Å². The molecule has 0 saturated heterocycles. The van der Waals surface area contributed by atoms with Crippen LogP contribution in [0.1, 0.15) is 63.9 Å². The number of rotatable bonds is 12. The summed E-state index contributed by atoms with van der Waals surface area (Å²) in [6, 6.07) is 10.3. The summed E-state index contributed by atoms with van der Waals surface area (Å²) in [5.41, 5.74) is 1.42. The lowest BCUT2D eigenvalue weighted by Gasteiger charge is -2.35. The zero-order valence-electron chi connectivity index (χ0n) is 18.0. The normalized spacial score (nSPS) is 16.1. The Morgan fingerprint density at radius 1 is 1.10 bits per heavy atom. The van der Waals surface area contributed by atoms with E-state index < -0.39 is 0 Å². The van der Waals surface area contributed by atoms with E-state index in [2.05, 4.69) is 29.7 Å². The Morgan fingerprint density at radius 2 is 1.86 bits per heavy atom. The van der Waals surface area contributed by atoms with Gasteiger partial charge >= 0.3 is 0 Å². The number of hydrogen-bond acceptors (Lipinski definition) is 3. The topological polar surface area (TPSA) is 65.9 Å². The molecule has 0 aliphatic heterocycles. The van der Waals surface area contributed by atoms with Gasteiger partial charge in [-0.15, -0.1) is 24.0 Å². The summed E-state index contributed by atoms with van der Waals surface area (Å²) in [5.74, 6) is 0.899. The van der Waals surface area contributed by atoms with Gasteiger partial charge in [0, 0.05) is 32.8 Å². The van der Waals surface area contributed by atoms with Crippen molar-refractivity contribution in [2.24, 2.45) is 10.4 Å². The molecular formula is C23H40IN3O2. The Bertz CT molecular complexity index is 543. The van der Waals surface area contributed by atoms with Gasteiger partial charge in [0.1, 0.15) is 0 Å². The molecule has 0 heterocycles. The molecule has 0 bridgehead atoms. The Morgan fingerprint density at radius 3 is 2.55 bits per heavy atom. The summed E-state index contributed by atoms with van der Waals surface area (Å²) < 4.78 is 5.74. The number of benzene rings is 1. The first kappa shape index (κ1) is 26.2. The second kappa shape index (κ2) is 15.9. The van der Waals surface area contributed by atoms with E-state index in [-0.39, 0.29) is 36.0 Å². The van der Waals surface area contributed by atoms with Gasteiger partial charge in [0.05, 0.1) is 6.61 Å². The molecule has 0 radical (unpaired) electrons. The first-order valence-electron chi connectivity index (χ1n) is 11.0. The van der Waals surface area contributed by atoms with Crippen LogP contribution in [0.15, 0.2) is 35.3 Å². The van der Waals surface area contributed by atoms with E-state index in [0.29, 0.717) is 6.61 Å². The highest BCUT2D eigenvalue weighted by Gasteiger charge is 2.31. The van der Waals surface area contributed by atoms with Crippen molar-refractivity contribution >= 4 is 29.9 Å². The van der Waals surface area contributed by atoms with Crippen LogP contribution >= 0.6 is 24.0 Å². The van der Waals surface area contributed by atoms with Crippen LogP contribution in [0.3, 0.4) is 0 Å². The fraction of sp³-hybridized carbons (Fsp3) is 0.696. The maximum absolute atomic E-state index is 9.48. The first-order valence-corrected chi connectivity index (χ1v) is 11.0. The van der Waals surface area contributed by atoms with E-state index in [1.165, 1.54) is 37.7 Å². The molecule has 0 amide bonds. The van der Waals surface area contributed by atoms with E-state index >= 15 is 0 Å². The highest BCUT2D eigenvalue weighted by atomic mass is 127. The largest absolute Gasteiger partial charge is 0.396 e. The van der Waals surface area contributed by atoms with Crippen molar-refractivity contribution in [1.29, 1.82) is 0 Å². The average molecular weight is 517 g/mol. The van der Waals surface area contributed by atoms with Crippen molar-refractivity contribution in [3.05, 3.63) is 35.9 Å². The van der Waals surface area contributed by atoms with E-state index in [9.17, 15) is 5.11 Å². The quantitative estimate of drug-likeness (QED) is 0.166. The van der Waals surface area contributed by atoms with Crippen LogP contribution in [0, 0.1) is 5.41 Å². The van der Waals surface area contributed by atoms with Crippen LogP contribution in [0.4, 0.5) is 0 Å². The Hall–Kier alpha value is -0.860. The van der Waals surface area contributed by atoms with Gasteiger partial charge in [-0.05, 0) is 50.0 Å². The number of aliphatic hydroxyl groups is 1. The number of unbranched alkanes of at least 4 members (excludes halogenated alkanes) is 1. The Balaban J connectivity index is 0.00000420. The third kappa shape index (κ3) is 10.6. The summed E-state index contributed by atoms with van der Waals surface area (Å²) in [5, 5.41) is 16.3. The molecule has 1 fully saturated rings. The molecule has 0 unspecified atom stereocenters. The maximum Gasteiger partial charge on any atom is 0.191 e. The van der Waals surface area contributed by atoms with Gasteiger partial charge in [0.25, 0.3) is 0 Å². The van der Waals surface area contributed by atoms with Crippen LogP contribution in [0.25, 0.3) is 0 Å². The summed E-state index contributed by atoms with van der Waals surface area (Å²) >= 11 is 0. The minimum absolute atomic E-state index is 0. The van der Waals surface area contributed by atoms with E-state index in [1.54, 1.807) is 0 Å². The zero-order valence-corrected chi connectivity index (χ0v) is 20.3. The second-order valence-corrected chi connectivity index (χ2v) is 7.90. The number of hydrogen-bond donors (Lipinski definition) is 3. The molecule has 0 atom stereocenters. The van der Waals surface area contributed by atoms with Gasteiger partial charge < -0.3 is 20.5 Å². The fourth-order valence-corrected chi connectivity index (χ4v) is 3.91. The third-order valence-electron chi connectivity index (χ3n) is 5.59. The fourth-order valence-electron chi connectivity index (χ4n) is 3.91. The highest BCUT2D eigenvalue weighted by molar-refractivity contribution is 14.0. The predicted molar refractivity (Wildman–Crippen MR) is 132 cm³/mol. The molecule has 1 aromatic rings. The minimum atomic E-state index is 0. The predicted octanol–water partition coefficient (Wildman–Crippen LogP) is 4.49. The van der Waals surface area contributed by atoms with Gasteiger partial charge in [0.15, 0.2) is 5.96 Å². The van der Waals surface area contributed by atoms with E-state index in [4.69, 9.17) is 9.73 Å². The third-order valence-corrected chi connectivity index (χ3v) is 5.59. The van der Waals surface area contributed by atoms with E-state index in [0.717, 1.165) is 51.5 Å². The minimum Gasteiger partial charge on any atom is -0.396 e. The van der Waals surface area contributed by atoms with Crippen LogP contribution < -0.4 is 10.6 Å². The summed E-state index contributed by atoms with van der Waals surface area (Å²) in [6.07, 6.45) is 9.19. The van der Waals surface area contributed by atoms with Gasteiger partial charge in [-0.25, -0.2) is 0 Å². The number of aliphatic imine (C=N–C) groups is 1. The molecule has 166 valence electrons. The van der Waals surface area contributed by atoms with E-state index in [1.807, 2.05) is 18.2 Å². The molecule has 2 rings (SSSR count). The summed E-state index contributed by atoms with van der Waals surface area (Å²) in [6.45, 7) is 6.39. The number of nitrogens with one attached hydrogen (secondary N) is 2. The number of guanidine groups is 1. The van der Waals surface area contributed by atoms with Crippen LogP contribution in [-0.4, -0.2) is 43.9 Å². The molecule has 0 spiro atoms. The molecular weight excluding hydrogens is 477 g/mol. The van der Waals surface area contributed by atoms with Crippen LogP contribution in [-0.2, 0) is 11.3 Å². The molecule has 1 aliphatic carbocycles. The maximum atomic E-state index is 9.48. The molecule has 1 saturated carbocycles. The summed E-state index contributed by atoms with van der Waals surface area (Å²) in [4.78, 5) is 4.85. The van der Waals surface area contributed by atoms with Crippen molar-refractivity contribution in [3.63, 3.8) is 0 Å². The standard InChI is InChI=1S/C23H39N3O2.HI/c1-2-24-22(26-20-23(15-17-27)13-7-4-8-14-23)25-16-9-10-18-28-19-21-11-5-3-6-12-21;/h3,5-6,11-12,27H,2,4,7-10,13-20H2,1H3,(H2,24,25,26);1H. The second-order valence-electron chi connectivity index (χ2n) is 7.90. The first-order chi connectivity index (χ1) is 13.8. The summed E-state index contributed by atoms with van der Waals surface area (Å²) in [7, 11) is 0. The number of nitrogens with zero attached hydrogens (tertiary/aromatic N) is 1. The number of ether oxygens (including phenoxy) is 1. The monoisotopic (exact) mass is 517 g/mol. The molecule has 29 heavy (non-hydrogen) atoms. The number of halogens is 1. The SMILES string of the molecule is CCNC(=NCC1(CCO)CCCCC1)NCCCCOCc1ccccc1.I. The Kier molecular flexibility index (Phi) is 14.4. The average Bonchev–Trinajstić information content (AvgIpc) is 2.73. The van der Waals surface area contributed by atoms with Crippen molar-refractivity contribution in [1.82, 2.24) is 10.6 Å². The molecule has 1 aliphatic rings. The smallest absolute Gasteiger partial charge is 0.191 e. The van der Waals surface area contributed by atoms with Crippen molar-refractivity contribution in [2.75, 3.05) is 32.8 Å². The lowest BCUT2D eigenvalue weighted by molar-refractivity contribution is 0.117. The van der Waals surface area contributed by atoms with Gasteiger partial charge in [-0.1, -0.05) is 49.6 Å². The van der Waals surface area contributed by atoms with Gasteiger partial charge in [0.2, 0.25) is 0 Å². The van der Waals surface area contributed by atoms with Gasteiger partial charge in [-0.2, -0.15) is 0 Å². The van der Waals surface area contributed by atoms with Crippen molar-refractivity contribution < 1.29 is 9.84 Å². The molecule has 6 heteroatoms. The Labute approximate surface area is 194 Å². The number of aliphatic hydroxyl groups excluding tert-OH is 1. The van der Waals surface area contributed by atoms with Crippen molar-refractivity contribution in [2.45, 2.75) is 64.9 Å². The van der Waals surface area contributed by atoms with Crippen molar-refractivity contribution in [3.8, 4) is 0 Å². The molecule has 5 nitrogen and oxygen atoms in total. The van der Waals surface area contributed by atoms with Crippen LogP contribution in [0.2, 0.25) is 0 Å². The lowest BCUT2D eigenvalue weighted by atomic mass is 9.72. The molecule has 0 aromatic heterocycles. The molecule has 1 aromatic carbocycles. The highest BCUT2D eigenvalue weighted by Crippen LogP contribution is 2.39. The lowest BCUT2D eigenvalue weighted by Crippen LogP contribution is -2.39. The zero-order chi connectivity index (χ0) is 19.9.